The molecule has 0 aliphatic rings. The van der Waals surface area contributed by atoms with Gasteiger partial charge in [-0.2, -0.15) is 4.98 Å². The smallest absolute Gasteiger partial charge is 0.332 e. The first kappa shape index (κ1) is 15.9. The monoisotopic (exact) mass is 333 g/mol. The van der Waals surface area contributed by atoms with Crippen LogP contribution >= 0.6 is 23.2 Å². The molecular weight excluding hydrogens is 317 g/mol. The molecule has 0 aromatic carbocycles. The van der Waals surface area contributed by atoms with E-state index in [1.807, 2.05) is 4.90 Å². The maximum Gasteiger partial charge on any atom is 0.332 e. The molecule has 0 atom stereocenters. The summed E-state index contributed by atoms with van der Waals surface area (Å²) < 4.78 is 4.11. The summed E-state index contributed by atoms with van der Waals surface area (Å²) in [5, 5.41) is 0. The van der Waals surface area contributed by atoms with Gasteiger partial charge in [0.15, 0.2) is 11.2 Å². The summed E-state index contributed by atoms with van der Waals surface area (Å²) >= 11 is 11.6. The zero-order chi connectivity index (χ0) is 15.7. The van der Waals surface area contributed by atoms with E-state index in [9.17, 15) is 9.59 Å². The third kappa shape index (κ3) is 2.55. The molecule has 2 aromatic heterocycles. The van der Waals surface area contributed by atoms with E-state index in [0.717, 1.165) is 4.57 Å². The van der Waals surface area contributed by atoms with Crippen molar-refractivity contribution in [3.63, 3.8) is 0 Å². The van der Waals surface area contributed by atoms with Gasteiger partial charge in [-0.15, -0.1) is 23.2 Å². The number of imidazole rings is 1. The zero-order valence-electron chi connectivity index (χ0n) is 12.1. The molecule has 0 radical (unpaired) electrons. The van der Waals surface area contributed by atoms with Crippen LogP contribution in [0.1, 0.15) is 0 Å². The van der Waals surface area contributed by atoms with Crippen molar-refractivity contribution in [1.29, 1.82) is 0 Å². The van der Waals surface area contributed by atoms with Gasteiger partial charge in [0.05, 0.1) is 0 Å². The molecule has 2 rings (SSSR count). The Hall–Kier alpha value is -1.47. The van der Waals surface area contributed by atoms with E-state index in [0.29, 0.717) is 42.0 Å². The van der Waals surface area contributed by atoms with Crippen LogP contribution in [0.3, 0.4) is 0 Å². The average molecular weight is 334 g/mol. The van der Waals surface area contributed by atoms with E-state index < -0.39 is 5.69 Å². The van der Waals surface area contributed by atoms with Crippen LogP contribution < -0.4 is 16.1 Å². The quantitative estimate of drug-likeness (QED) is 0.736. The van der Waals surface area contributed by atoms with Crippen LogP contribution in [-0.2, 0) is 21.1 Å². The van der Waals surface area contributed by atoms with Gasteiger partial charge >= 0.3 is 5.69 Å². The molecule has 116 valence electrons. The van der Waals surface area contributed by atoms with Gasteiger partial charge < -0.3 is 9.47 Å². The molecule has 0 fully saturated rings. The highest BCUT2D eigenvalue weighted by Gasteiger charge is 2.20. The predicted octanol–water partition coefficient (Wildman–Crippen LogP) is 0.255. The SMILES string of the molecule is Cn1c(=O)c2c(nc(N(CCCl)CCCl)n2C)n(C)c1=O. The summed E-state index contributed by atoms with van der Waals surface area (Å²) in [6.45, 7) is 1.11. The third-order valence-corrected chi connectivity index (χ3v) is 3.78. The number of rotatable bonds is 5. The molecule has 0 aliphatic carbocycles. The number of anilines is 1. The highest BCUT2D eigenvalue weighted by molar-refractivity contribution is 6.18. The predicted molar refractivity (Wildman–Crippen MR) is 84.8 cm³/mol. The van der Waals surface area contributed by atoms with Gasteiger partial charge in [-0.1, -0.05) is 0 Å². The molecule has 9 heteroatoms. The summed E-state index contributed by atoms with van der Waals surface area (Å²) in [5.74, 6) is 1.40. The average Bonchev–Trinajstić information content (AvgIpc) is 2.80. The molecule has 0 amide bonds. The number of alkyl halides is 2. The second-order valence-electron chi connectivity index (χ2n) is 4.71. The maximum atomic E-state index is 12.3. The molecular formula is C12H17Cl2N5O2. The summed E-state index contributed by atoms with van der Waals surface area (Å²) in [6, 6.07) is 0. The number of hydrogen-bond acceptors (Lipinski definition) is 4. The summed E-state index contributed by atoms with van der Waals surface area (Å²) in [6.07, 6.45) is 0. The van der Waals surface area contributed by atoms with Crippen LogP contribution in [0.5, 0.6) is 0 Å². The molecule has 2 heterocycles. The number of fused-ring (bicyclic) bond motifs is 1. The molecule has 21 heavy (non-hydrogen) atoms. The highest BCUT2D eigenvalue weighted by Crippen LogP contribution is 2.17. The molecule has 0 saturated carbocycles. The van der Waals surface area contributed by atoms with Crippen molar-refractivity contribution in [2.45, 2.75) is 0 Å². The lowest BCUT2D eigenvalue weighted by atomic mass is 10.5. The minimum Gasteiger partial charge on any atom is -0.340 e. The molecule has 0 saturated heterocycles. The fraction of sp³-hybridized carbons (Fsp3) is 0.583. The largest absolute Gasteiger partial charge is 0.340 e. The van der Waals surface area contributed by atoms with Gasteiger partial charge in [-0.05, 0) is 0 Å². The van der Waals surface area contributed by atoms with Crippen molar-refractivity contribution in [3.05, 3.63) is 20.8 Å². The first-order valence-electron chi connectivity index (χ1n) is 6.43. The molecule has 0 bridgehead atoms. The summed E-state index contributed by atoms with van der Waals surface area (Å²) in [7, 11) is 4.78. The maximum absolute atomic E-state index is 12.3. The minimum atomic E-state index is -0.404. The number of halogens is 2. The normalized spacial score (nSPS) is 11.3. The second-order valence-corrected chi connectivity index (χ2v) is 5.47. The van der Waals surface area contributed by atoms with Crippen molar-refractivity contribution in [3.8, 4) is 0 Å². The van der Waals surface area contributed by atoms with E-state index in [4.69, 9.17) is 23.2 Å². The highest BCUT2D eigenvalue weighted by atomic mass is 35.5. The fourth-order valence-electron chi connectivity index (χ4n) is 2.31. The van der Waals surface area contributed by atoms with E-state index in [2.05, 4.69) is 4.98 Å². The fourth-order valence-corrected chi connectivity index (χ4v) is 2.71. The second kappa shape index (κ2) is 6.11. The van der Waals surface area contributed by atoms with Crippen LogP contribution in [0.4, 0.5) is 5.95 Å². The lowest BCUT2D eigenvalue weighted by Gasteiger charge is -2.21. The van der Waals surface area contributed by atoms with Gasteiger partial charge in [-0.3, -0.25) is 13.9 Å². The molecule has 0 unspecified atom stereocenters. The van der Waals surface area contributed by atoms with E-state index >= 15 is 0 Å². The molecule has 2 aromatic rings. The number of nitrogens with zero attached hydrogens (tertiary/aromatic N) is 5. The van der Waals surface area contributed by atoms with Crippen LogP contribution in [0, 0.1) is 0 Å². The first-order chi connectivity index (χ1) is 9.93. The van der Waals surface area contributed by atoms with E-state index in [-0.39, 0.29) is 5.56 Å². The van der Waals surface area contributed by atoms with Crippen molar-refractivity contribution >= 4 is 40.3 Å². The summed E-state index contributed by atoms with van der Waals surface area (Å²) in [5.41, 5.74) is -0.0390. The Morgan fingerprint density at radius 2 is 1.57 bits per heavy atom. The Balaban J connectivity index is 2.77. The Morgan fingerprint density at radius 3 is 2.10 bits per heavy atom. The van der Waals surface area contributed by atoms with Crippen molar-refractivity contribution < 1.29 is 0 Å². The van der Waals surface area contributed by atoms with Crippen LogP contribution in [0.2, 0.25) is 0 Å². The molecule has 0 spiro atoms. The van der Waals surface area contributed by atoms with E-state index in [1.165, 1.54) is 11.6 Å². The third-order valence-electron chi connectivity index (χ3n) is 3.44. The molecule has 7 nitrogen and oxygen atoms in total. The Morgan fingerprint density at radius 1 is 1.00 bits per heavy atom. The van der Waals surface area contributed by atoms with Gasteiger partial charge in [0, 0.05) is 46.0 Å². The van der Waals surface area contributed by atoms with Gasteiger partial charge in [0.25, 0.3) is 5.56 Å². The molecule has 0 N–H and O–H groups in total. The lowest BCUT2D eigenvalue weighted by Crippen LogP contribution is -2.37. The topological polar surface area (TPSA) is 65.1 Å². The van der Waals surface area contributed by atoms with E-state index in [1.54, 1.807) is 18.7 Å². The first-order valence-corrected chi connectivity index (χ1v) is 7.50. The van der Waals surface area contributed by atoms with Gasteiger partial charge in [-0.25, -0.2) is 4.79 Å². The lowest BCUT2D eigenvalue weighted by molar-refractivity contribution is 0.705. The summed E-state index contributed by atoms with van der Waals surface area (Å²) in [4.78, 5) is 30.6. The molecule has 0 aliphatic heterocycles. The Bertz CT molecular complexity index is 771. The van der Waals surface area contributed by atoms with Gasteiger partial charge in [0.1, 0.15) is 0 Å². The van der Waals surface area contributed by atoms with Crippen LogP contribution in [0.15, 0.2) is 9.59 Å². The Kier molecular flexibility index (Phi) is 4.63. The Labute approximate surface area is 131 Å². The minimum absolute atomic E-state index is 0.356. The zero-order valence-corrected chi connectivity index (χ0v) is 13.6. The van der Waals surface area contributed by atoms with Gasteiger partial charge in [0.2, 0.25) is 5.95 Å². The number of aromatic nitrogens is 4. The standard InChI is InChI=1S/C12H17Cl2N5O2/c1-16-8-9(17(2)12(21)18(3)10(8)20)15-11(16)19(6-4-13)7-5-14/h4-7H2,1-3H3. The van der Waals surface area contributed by atoms with Crippen molar-refractivity contribution in [2.75, 3.05) is 29.7 Å². The number of aryl methyl sites for hydroxylation is 2. The van der Waals surface area contributed by atoms with Crippen LogP contribution in [-0.4, -0.2) is 43.5 Å². The van der Waals surface area contributed by atoms with Crippen molar-refractivity contribution in [2.24, 2.45) is 21.1 Å². The number of hydrogen-bond donors (Lipinski definition) is 0. The van der Waals surface area contributed by atoms with Crippen molar-refractivity contribution in [1.82, 2.24) is 18.7 Å². The van der Waals surface area contributed by atoms with Crippen LogP contribution in [0.25, 0.3) is 11.2 Å².